The van der Waals surface area contributed by atoms with Crippen molar-refractivity contribution in [2.45, 2.75) is 13.8 Å². The first kappa shape index (κ1) is 12.0. The van der Waals surface area contributed by atoms with Gasteiger partial charge in [-0.05, 0) is 38.1 Å². The second-order valence-corrected chi connectivity index (χ2v) is 3.95. The fraction of sp³-hybridized carbons (Fsp3) is 0.154. The number of nitrogens with zero attached hydrogens (tertiary/aromatic N) is 2. The van der Waals surface area contributed by atoms with Gasteiger partial charge in [0, 0.05) is 16.9 Å². The maximum absolute atomic E-state index is 11.1. The van der Waals surface area contributed by atoms with E-state index in [4.69, 9.17) is 0 Å². The molecule has 2 rings (SSSR count). The molecule has 2 aromatic rings. The van der Waals surface area contributed by atoms with Crippen molar-refractivity contribution in [1.29, 1.82) is 0 Å². The molecule has 0 atom stereocenters. The number of nitrogens with one attached hydrogen (secondary N) is 1. The van der Waals surface area contributed by atoms with Crippen LogP contribution in [0.25, 0.3) is 0 Å². The molecule has 0 aliphatic rings. The second-order valence-electron chi connectivity index (χ2n) is 3.95. The molecule has 1 radical (unpaired) electrons. The molecule has 0 saturated carbocycles. The zero-order valence-corrected chi connectivity index (χ0v) is 10.1. The van der Waals surface area contributed by atoms with Gasteiger partial charge in [0.2, 0.25) is 5.82 Å². The average Bonchev–Trinajstić information content (AvgIpc) is 2.28. The summed E-state index contributed by atoms with van der Waals surface area (Å²) < 4.78 is 0. The molecule has 18 heavy (non-hydrogen) atoms. The molecule has 0 bridgehead atoms. The molecule has 1 heterocycles. The van der Waals surface area contributed by atoms with Crippen molar-refractivity contribution in [2.24, 2.45) is 0 Å². The third-order valence-electron chi connectivity index (χ3n) is 2.46. The predicted octanol–water partition coefficient (Wildman–Crippen LogP) is 3.15. The van der Waals surface area contributed by atoms with E-state index in [1.165, 1.54) is 0 Å². The van der Waals surface area contributed by atoms with Crippen LogP contribution in [0.15, 0.2) is 30.3 Å². The van der Waals surface area contributed by atoms with Crippen molar-refractivity contribution in [3.63, 3.8) is 0 Å². The number of hydrogen-bond acceptors (Lipinski definition) is 4. The van der Waals surface area contributed by atoms with Crippen LogP contribution in [0.2, 0.25) is 0 Å². The van der Waals surface area contributed by atoms with Crippen LogP contribution in [0.4, 0.5) is 17.2 Å². The van der Waals surface area contributed by atoms with Gasteiger partial charge in [0.1, 0.15) is 0 Å². The van der Waals surface area contributed by atoms with E-state index in [2.05, 4.69) is 16.4 Å². The molecule has 0 aliphatic carbocycles. The van der Waals surface area contributed by atoms with E-state index in [-0.39, 0.29) is 11.5 Å². The molecule has 1 aromatic carbocycles. The van der Waals surface area contributed by atoms with Gasteiger partial charge in [-0.2, -0.15) is 0 Å². The lowest BCUT2D eigenvalue weighted by Crippen LogP contribution is -2.03. The Hall–Kier alpha value is -2.43. The molecule has 0 spiro atoms. The van der Waals surface area contributed by atoms with E-state index in [0.29, 0.717) is 5.56 Å². The number of hydrogen-bond donors (Lipinski definition) is 1. The van der Waals surface area contributed by atoms with E-state index >= 15 is 0 Å². The first-order valence-electron chi connectivity index (χ1n) is 5.43. The van der Waals surface area contributed by atoms with E-state index < -0.39 is 4.92 Å². The van der Waals surface area contributed by atoms with E-state index in [1.54, 1.807) is 44.2 Å². The van der Waals surface area contributed by atoms with Crippen LogP contribution in [-0.4, -0.2) is 9.91 Å². The van der Waals surface area contributed by atoms with Gasteiger partial charge in [0.15, 0.2) is 0 Å². The number of aryl methyl sites for hydroxylation is 2. The summed E-state index contributed by atoms with van der Waals surface area (Å²) in [6.45, 7) is 3.51. The first-order valence-corrected chi connectivity index (χ1v) is 5.43. The Bertz CT molecular complexity index is 582. The van der Waals surface area contributed by atoms with Gasteiger partial charge in [-0.25, -0.2) is 4.98 Å². The maximum atomic E-state index is 11.1. The third-order valence-corrected chi connectivity index (χ3v) is 2.46. The zero-order chi connectivity index (χ0) is 13.1. The van der Waals surface area contributed by atoms with Crippen molar-refractivity contribution >= 4 is 17.2 Å². The summed E-state index contributed by atoms with van der Waals surface area (Å²) in [7, 11) is 0. The molecule has 0 amide bonds. The molecule has 0 fully saturated rings. The second kappa shape index (κ2) is 4.83. The zero-order valence-electron chi connectivity index (χ0n) is 10.1. The van der Waals surface area contributed by atoms with Crippen LogP contribution in [0, 0.1) is 30.0 Å². The van der Waals surface area contributed by atoms with E-state index in [1.807, 2.05) is 0 Å². The van der Waals surface area contributed by atoms with Crippen LogP contribution >= 0.6 is 0 Å². The molecule has 1 aromatic heterocycles. The minimum atomic E-state index is -0.420. The summed E-state index contributed by atoms with van der Waals surface area (Å²) in [4.78, 5) is 14.8. The van der Waals surface area contributed by atoms with Crippen molar-refractivity contribution in [2.75, 3.05) is 5.32 Å². The number of pyridine rings is 1. The monoisotopic (exact) mass is 242 g/mol. The summed E-state index contributed by atoms with van der Waals surface area (Å²) in [5.74, 6) is 0.261. The van der Waals surface area contributed by atoms with Crippen LogP contribution < -0.4 is 5.32 Å². The van der Waals surface area contributed by atoms with Crippen molar-refractivity contribution < 1.29 is 4.92 Å². The number of benzene rings is 1. The largest absolute Gasteiger partial charge is 0.334 e. The summed E-state index contributed by atoms with van der Waals surface area (Å²) in [5, 5.41) is 14.0. The van der Waals surface area contributed by atoms with Gasteiger partial charge in [-0.3, -0.25) is 10.1 Å². The molecule has 0 unspecified atom stereocenters. The van der Waals surface area contributed by atoms with E-state index in [0.717, 1.165) is 11.4 Å². The molecule has 5 nitrogen and oxygen atoms in total. The number of nitro groups is 1. The van der Waals surface area contributed by atoms with Crippen LogP contribution in [0.1, 0.15) is 11.3 Å². The summed E-state index contributed by atoms with van der Waals surface area (Å²) >= 11 is 0. The number of anilines is 2. The van der Waals surface area contributed by atoms with Gasteiger partial charge in [0.25, 0.3) is 0 Å². The number of rotatable bonds is 3. The number of aromatic nitrogens is 1. The first-order chi connectivity index (χ1) is 8.58. The lowest BCUT2D eigenvalue weighted by atomic mass is 10.2. The van der Waals surface area contributed by atoms with Crippen LogP contribution in [0.3, 0.4) is 0 Å². The average molecular weight is 242 g/mol. The summed E-state index contributed by atoms with van der Waals surface area (Å²) in [6, 6.07) is 11.7. The van der Waals surface area contributed by atoms with Gasteiger partial charge >= 0.3 is 5.69 Å². The fourth-order valence-corrected chi connectivity index (χ4v) is 1.76. The molecular formula is C13H12N3O2. The lowest BCUT2D eigenvalue weighted by Gasteiger charge is -2.08. The van der Waals surface area contributed by atoms with E-state index in [9.17, 15) is 10.1 Å². The lowest BCUT2D eigenvalue weighted by molar-refractivity contribution is -0.384. The smallest absolute Gasteiger partial charge is 0.314 e. The highest BCUT2D eigenvalue weighted by Crippen LogP contribution is 2.29. The molecule has 91 valence electrons. The normalized spacial score (nSPS) is 10.1. The van der Waals surface area contributed by atoms with Crippen LogP contribution in [-0.2, 0) is 0 Å². The Kier molecular flexibility index (Phi) is 3.23. The SMILES string of the molecule is Cc1cc(C)c([N+](=O)[O-])c(Nc2c[c]ccc2)n1. The fourth-order valence-electron chi connectivity index (χ4n) is 1.76. The van der Waals surface area contributed by atoms with Crippen molar-refractivity contribution in [3.8, 4) is 0 Å². The molecular weight excluding hydrogens is 230 g/mol. The Morgan fingerprint density at radius 1 is 1.44 bits per heavy atom. The maximum Gasteiger partial charge on any atom is 0.314 e. The molecule has 0 aliphatic heterocycles. The highest BCUT2D eigenvalue weighted by Gasteiger charge is 2.19. The molecule has 1 N–H and O–H groups in total. The van der Waals surface area contributed by atoms with Gasteiger partial charge in [-0.15, -0.1) is 0 Å². The Balaban J connectivity index is 2.46. The topological polar surface area (TPSA) is 68.1 Å². The van der Waals surface area contributed by atoms with Gasteiger partial charge in [-0.1, -0.05) is 12.1 Å². The Labute approximate surface area is 105 Å². The van der Waals surface area contributed by atoms with Crippen molar-refractivity contribution in [3.05, 3.63) is 57.8 Å². The third kappa shape index (κ3) is 2.45. The Morgan fingerprint density at radius 2 is 2.22 bits per heavy atom. The predicted molar refractivity (Wildman–Crippen MR) is 68.9 cm³/mol. The molecule has 0 saturated heterocycles. The molecule has 5 heteroatoms. The quantitative estimate of drug-likeness (QED) is 0.663. The minimum absolute atomic E-state index is 0.00412. The highest BCUT2D eigenvalue weighted by molar-refractivity contribution is 5.67. The minimum Gasteiger partial charge on any atom is -0.334 e. The summed E-state index contributed by atoms with van der Waals surface area (Å²) in [5.41, 5.74) is 2.05. The summed E-state index contributed by atoms with van der Waals surface area (Å²) in [6.07, 6.45) is 0. The standard InChI is InChI=1S/C13H12N3O2/c1-9-8-10(2)14-13(12(9)16(17)18)15-11-6-4-3-5-7-11/h3-4,6-8H,1-2H3,(H,14,15). The van der Waals surface area contributed by atoms with Gasteiger partial charge < -0.3 is 5.32 Å². The highest BCUT2D eigenvalue weighted by atomic mass is 16.6. The Morgan fingerprint density at radius 3 is 2.83 bits per heavy atom. The van der Waals surface area contributed by atoms with Crippen molar-refractivity contribution in [1.82, 2.24) is 4.98 Å². The van der Waals surface area contributed by atoms with Gasteiger partial charge in [0.05, 0.1) is 4.92 Å². The van der Waals surface area contributed by atoms with Crippen LogP contribution in [0.5, 0.6) is 0 Å².